The summed E-state index contributed by atoms with van der Waals surface area (Å²) < 4.78 is 5.57. The third-order valence-electron chi connectivity index (χ3n) is 4.55. The zero-order valence-electron chi connectivity index (χ0n) is 16.6. The van der Waals surface area contributed by atoms with Crippen LogP contribution in [0.4, 0.5) is 10.5 Å². The molecule has 1 aliphatic heterocycles. The Morgan fingerprint density at radius 2 is 1.85 bits per heavy atom. The normalized spacial score (nSPS) is 14.7. The summed E-state index contributed by atoms with van der Waals surface area (Å²) in [6, 6.07) is 14.3. The van der Waals surface area contributed by atoms with Crippen LogP contribution in [0.5, 0.6) is 11.6 Å². The smallest absolute Gasteiger partial charge is 0.293 e. The maximum atomic E-state index is 12.8. The molecular formula is C22H13Cl2N3O5S. The van der Waals surface area contributed by atoms with E-state index in [2.05, 4.69) is 4.98 Å². The number of ether oxygens (including phenoxy) is 1. The molecule has 1 aromatic heterocycles. The molecule has 4 rings (SSSR count). The Kier molecular flexibility index (Phi) is 6.64. The van der Waals surface area contributed by atoms with Crippen LogP contribution in [0.3, 0.4) is 0 Å². The highest BCUT2D eigenvalue weighted by Gasteiger charge is 2.35. The summed E-state index contributed by atoms with van der Waals surface area (Å²) in [5.74, 6) is 0.251. The molecule has 2 amide bonds. The summed E-state index contributed by atoms with van der Waals surface area (Å²) in [7, 11) is 0. The van der Waals surface area contributed by atoms with E-state index in [4.69, 9.17) is 27.9 Å². The molecule has 0 bridgehead atoms. The molecule has 0 saturated carbocycles. The van der Waals surface area contributed by atoms with Crippen molar-refractivity contribution in [2.45, 2.75) is 6.54 Å². The van der Waals surface area contributed by atoms with Crippen LogP contribution in [0.25, 0.3) is 6.08 Å². The second kappa shape index (κ2) is 9.62. The van der Waals surface area contributed by atoms with E-state index in [0.29, 0.717) is 26.9 Å². The molecule has 0 atom stereocenters. The van der Waals surface area contributed by atoms with Crippen molar-refractivity contribution < 1.29 is 19.2 Å². The molecule has 0 N–H and O–H groups in total. The Morgan fingerprint density at radius 3 is 2.48 bits per heavy atom. The van der Waals surface area contributed by atoms with Gasteiger partial charge in [-0.1, -0.05) is 41.4 Å². The number of imide groups is 1. The first-order chi connectivity index (χ1) is 15.8. The number of carbonyl (C=O) groups is 2. The summed E-state index contributed by atoms with van der Waals surface area (Å²) in [5.41, 5.74) is 1.17. The topological polar surface area (TPSA) is 103 Å². The molecule has 1 saturated heterocycles. The van der Waals surface area contributed by atoms with Gasteiger partial charge in [0.1, 0.15) is 11.9 Å². The van der Waals surface area contributed by atoms with Gasteiger partial charge in [-0.2, -0.15) is 0 Å². The van der Waals surface area contributed by atoms with Gasteiger partial charge >= 0.3 is 0 Å². The minimum absolute atomic E-state index is 0.0486. The average molecular weight is 502 g/mol. The Labute approximate surface area is 201 Å². The maximum absolute atomic E-state index is 12.8. The van der Waals surface area contributed by atoms with Crippen molar-refractivity contribution in [2.24, 2.45) is 0 Å². The van der Waals surface area contributed by atoms with Crippen LogP contribution in [-0.2, 0) is 11.3 Å². The first-order valence-electron chi connectivity index (χ1n) is 9.38. The average Bonchev–Trinajstić information content (AvgIpc) is 3.04. The molecule has 0 spiro atoms. The van der Waals surface area contributed by atoms with Gasteiger partial charge in [-0.3, -0.25) is 24.6 Å². The van der Waals surface area contributed by atoms with Gasteiger partial charge < -0.3 is 4.74 Å². The minimum atomic E-state index is -0.544. The Balaban J connectivity index is 1.44. The molecule has 2 heterocycles. The van der Waals surface area contributed by atoms with Gasteiger partial charge in [0.2, 0.25) is 5.88 Å². The number of pyridine rings is 1. The van der Waals surface area contributed by atoms with Crippen LogP contribution < -0.4 is 4.74 Å². The summed E-state index contributed by atoms with van der Waals surface area (Å²) in [5, 5.41) is 11.1. The molecule has 0 radical (unpaired) electrons. The van der Waals surface area contributed by atoms with Gasteiger partial charge in [0.25, 0.3) is 16.8 Å². The van der Waals surface area contributed by atoms with Gasteiger partial charge in [-0.05, 0) is 53.2 Å². The van der Waals surface area contributed by atoms with Crippen molar-refractivity contribution in [1.29, 1.82) is 0 Å². The van der Waals surface area contributed by atoms with E-state index in [1.54, 1.807) is 48.5 Å². The van der Waals surface area contributed by atoms with Gasteiger partial charge in [-0.25, -0.2) is 4.98 Å². The highest BCUT2D eigenvalue weighted by molar-refractivity contribution is 8.18. The molecule has 2 aromatic carbocycles. The zero-order valence-corrected chi connectivity index (χ0v) is 18.9. The standard InChI is InChI=1S/C22H13Cl2N3O5S/c23-15-4-3-14(18(24)10-15)12-26-21(28)19(33-22(26)29)9-13-1-6-17(7-2-13)32-20-8-5-16(11-25-20)27(30)31/h1-11H,12H2/b19-9-. The van der Waals surface area contributed by atoms with Crippen LogP contribution in [0.2, 0.25) is 10.0 Å². The van der Waals surface area contributed by atoms with Crippen molar-refractivity contribution in [3.05, 3.63) is 97.0 Å². The Bertz CT molecular complexity index is 1280. The van der Waals surface area contributed by atoms with Crippen LogP contribution >= 0.6 is 35.0 Å². The second-order valence-corrected chi connectivity index (χ2v) is 8.62. The Hall–Kier alpha value is -3.40. The fourth-order valence-electron chi connectivity index (χ4n) is 2.90. The van der Waals surface area contributed by atoms with E-state index >= 15 is 0 Å². The molecule has 11 heteroatoms. The van der Waals surface area contributed by atoms with E-state index in [-0.39, 0.29) is 28.3 Å². The minimum Gasteiger partial charge on any atom is -0.439 e. The van der Waals surface area contributed by atoms with Crippen molar-refractivity contribution in [3.8, 4) is 11.6 Å². The van der Waals surface area contributed by atoms with Gasteiger partial charge in [0, 0.05) is 22.2 Å². The quantitative estimate of drug-likeness (QED) is 0.221. The van der Waals surface area contributed by atoms with E-state index in [1.807, 2.05) is 0 Å². The lowest BCUT2D eigenvalue weighted by molar-refractivity contribution is -0.385. The fourth-order valence-corrected chi connectivity index (χ4v) is 4.21. The second-order valence-electron chi connectivity index (χ2n) is 6.79. The van der Waals surface area contributed by atoms with Crippen molar-refractivity contribution >= 4 is 57.9 Å². The zero-order chi connectivity index (χ0) is 23.5. The number of aromatic nitrogens is 1. The van der Waals surface area contributed by atoms with E-state index in [9.17, 15) is 19.7 Å². The van der Waals surface area contributed by atoms with Crippen LogP contribution in [-0.4, -0.2) is 26.0 Å². The van der Waals surface area contributed by atoms with Crippen molar-refractivity contribution in [1.82, 2.24) is 9.88 Å². The number of hydrogen-bond acceptors (Lipinski definition) is 7. The molecule has 1 fully saturated rings. The van der Waals surface area contributed by atoms with Crippen LogP contribution in [0, 0.1) is 10.1 Å². The molecule has 0 unspecified atom stereocenters. The molecular weight excluding hydrogens is 489 g/mol. The first kappa shape index (κ1) is 22.8. The molecule has 1 aliphatic rings. The van der Waals surface area contributed by atoms with Crippen LogP contribution in [0.15, 0.2) is 65.7 Å². The van der Waals surface area contributed by atoms with E-state index in [0.717, 1.165) is 22.9 Å². The number of thioether (sulfide) groups is 1. The number of benzene rings is 2. The number of nitrogens with zero attached hydrogens (tertiary/aromatic N) is 3. The molecule has 33 heavy (non-hydrogen) atoms. The summed E-state index contributed by atoms with van der Waals surface area (Å²) >= 11 is 12.9. The number of rotatable bonds is 6. The predicted octanol–water partition coefficient (Wildman–Crippen LogP) is 6.33. The third kappa shape index (κ3) is 5.33. The van der Waals surface area contributed by atoms with Crippen molar-refractivity contribution in [2.75, 3.05) is 0 Å². The van der Waals surface area contributed by atoms with Crippen LogP contribution in [0.1, 0.15) is 11.1 Å². The molecule has 3 aromatic rings. The van der Waals surface area contributed by atoms with Gasteiger partial charge in [-0.15, -0.1) is 0 Å². The SMILES string of the molecule is O=C1S/C(=C\c2ccc(Oc3ccc([N+](=O)[O-])cn3)cc2)C(=O)N1Cc1ccc(Cl)cc1Cl. The highest BCUT2D eigenvalue weighted by Crippen LogP contribution is 2.35. The summed E-state index contributed by atoms with van der Waals surface area (Å²) in [6.07, 6.45) is 2.72. The Morgan fingerprint density at radius 1 is 1.09 bits per heavy atom. The predicted molar refractivity (Wildman–Crippen MR) is 125 cm³/mol. The van der Waals surface area contributed by atoms with E-state index in [1.165, 1.54) is 12.1 Å². The van der Waals surface area contributed by atoms with Gasteiger partial charge in [0.15, 0.2) is 0 Å². The number of nitro groups is 1. The van der Waals surface area contributed by atoms with Gasteiger partial charge in [0.05, 0.1) is 16.4 Å². The summed E-state index contributed by atoms with van der Waals surface area (Å²) in [6.45, 7) is 0.0486. The molecule has 166 valence electrons. The highest BCUT2D eigenvalue weighted by atomic mass is 35.5. The van der Waals surface area contributed by atoms with Crippen molar-refractivity contribution in [3.63, 3.8) is 0 Å². The summed E-state index contributed by atoms with van der Waals surface area (Å²) in [4.78, 5) is 40.6. The lowest BCUT2D eigenvalue weighted by atomic mass is 10.2. The fraction of sp³-hybridized carbons (Fsp3) is 0.0455. The lowest BCUT2D eigenvalue weighted by Crippen LogP contribution is -2.27. The number of hydrogen-bond donors (Lipinski definition) is 0. The third-order valence-corrected chi connectivity index (χ3v) is 6.04. The monoisotopic (exact) mass is 501 g/mol. The largest absolute Gasteiger partial charge is 0.439 e. The number of halogens is 2. The van der Waals surface area contributed by atoms with E-state index < -0.39 is 10.8 Å². The molecule has 8 nitrogen and oxygen atoms in total. The number of amides is 2. The maximum Gasteiger partial charge on any atom is 0.293 e. The molecule has 0 aliphatic carbocycles. The first-order valence-corrected chi connectivity index (χ1v) is 10.9. The lowest BCUT2D eigenvalue weighted by Gasteiger charge is -2.13. The number of carbonyl (C=O) groups excluding carboxylic acids is 2.